The number of hydrogen-bond acceptors (Lipinski definition) is 3. The normalized spacial score (nSPS) is 14.5. The summed E-state index contributed by atoms with van der Waals surface area (Å²) in [7, 11) is 2.10. The fourth-order valence-corrected chi connectivity index (χ4v) is 4.38. The van der Waals surface area contributed by atoms with Crippen LogP contribution in [0.2, 0.25) is 0 Å². The van der Waals surface area contributed by atoms with Gasteiger partial charge in [-0.15, -0.1) is 0 Å². The van der Waals surface area contributed by atoms with Crippen molar-refractivity contribution >= 4 is 28.7 Å². The van der Waals surface area contributed by atoms with Crippen LogP contribution in [0.3, 0.4) is 0 Å². The Kier molecular flexibility index (Phi) is 6.68. The number of fused-ring (bicyclic) bond motifs is 2. The quantitative estimate of drug-likeness (QED) is 0.286. The van der Waals surface area contributed by atoms with Crippen molar-refractivity contribution in [1.82, 2.24) is 0 Å². The van der Waals surface area contributed by atoms with Gasteiger partial charge in [0.05, 0.1) is 29.7 Å². The predicted octanol–water partition coefficient (Wildman–Crippen LogP) is 6.90. The Morgan fingerprint density at radius 2 is 1.88 bits per heavy atom. The minimum absolute atomic E-state index is 0.0503. The third kappa shape index (κ3) is 5.36. The molecule has 172 valence electrons. The summed E-state index contributed by atoms with van der Waals surface area (Å²) in [4.78, 5) is 12.8. The first kappa shape index (κ1) is 22.8. The number of allylic oxidation sites excluding steroid dienone is 1. The molecule has 0 saturated carbocycles. The van der Waals surface area contributed by atoms with Gasteiger partial charge < -0.3 is 14.7 Å². The number of rotatable bonds is 9. The van der Waals surface area contributed by atoms with Gasteiger partial charge in [0, 0.05) is 30.3 Å². The molecule has 0 bridgehead atoms. The molecule has 1 aromatic heterocycles. The Morgan fingerprint density at radius 3 is 2.64 bits per heavy atom. The van der Waals surface area contributed by atoms with Crippen LogP contribution in [-0.4, -0.2) is 24.7 Å². The van der Waals surface area contributed by atoms with Crippen LogP contribution in [0.15, 0.2) is 64.7 Å². The van der Waals surface area contributed by atoms with Crippen LogP contribution in [-0.2, 0) is 10.2 Å². The number of unbranched alkanes of at least 4 members (excludes halogenated alkanes) is 2. The molecule has 1 aliphatic rings. The molecule has 0 atom stereocenters. The Hall–Kier alpha value is -3.34. The monoisotopic (exact) mass is 446 g/mol. The summed E-state index contributed by atoms with van der Waals surface area (Å²) in [5.41, 5.74) is 4.34. The van der Waals surface area contributed by atoms with Crippen molar-refractivity contribution in [2.24, 2.45) is 0 Å². The average molecular weight is 447 g/mol. The third-order valence-electron chi connectivity index (χ3n) is 6.30. The van der Waals surface area contributed by atoms with Crippen molar-refractivity contribution in [3.05, 3.63) is 71.6 Å². The van der Waals surface area contributed by atoms with Gasteiger partial charge >= 0.3 is 17.3 Å². The number of aliphatic carboxylic acids is 1. The van der Waals surface area contributed by atoms with Gasteiger partial charge in [-0.1, -0.05) is 32.0 Å². The molecule has 0 unspecified atom stereocenters. The van der Waals surface area contributed by atoms with Gasteiger partial charge in [-0.25, -0.2) is 4.42 Å². The first-order valence-electron chi connectivity index (χ1n) is 11.6. The molecule has 33 heavy (non-hydrogen) atoms. The van der Waals surface area contributed by atoms with Crippen molar-refractivity contribution in [1.29, 1.82) is 0 Å². The van der Waals surface area contributed by atoms with Gasteiger partial charge in [0.1, 0.15) is 5.75 Å². The molecule has 5 heteroatoms. The van der Waals surface area contributed by atoms with Crippen molar-refractivity contribution in [2.45, 2.75) is 51.4 Å². The summed E-state index contributed by atoms with van der Waals surface area (Å²) in [6.45, 7) is 5.09. The lowest BCUT2D eigenvalue weighted by Gasteiger charge is -2.33. The molecule has 1 heterocycles. The molecule has 0 radical (unpaired) electrons. The molecule has 5 nitrogen and oxygen atoms in total. The van der Waals surface area contributed by atoms with Gasteiger partial charge in [0.2, 0.25) is 0 Å². The maximum absolute atomic E-state index is 10.6. The summed E-state index contributed by atoms with van der Waals surface area (Å²) in [5.74, 6) is 0.915. The summed E-state index contributed by atoms with van der Waals surface area (Å²) in [5, 5.41) is 9.78. The van der Waals surface area contributed by atoms with Crippen LogP contribution in [0.4, 0.5) is 5.69 Å². The Balaban J connectivity index is 1.55. The minimum Gasteiger partial charge on any atom is -0.493 e. The Morgan fingerprint density at radius 1 is 1.09 bits per heavy atom. The molecule has 1 aliphatic carbocycles. The van der Waals surface area contributed by atoms with Crippen LogP contribution >= 0.6 is 0 Å². The van der Waals surface area contributed by atoms with Gasteiger partial charge in [-0.05, 0) is 56.0 Å². The molecule has 1 N–H and O–H groups in total. The van der Waals surface area contributed by atoms with Crippen LogP contribution in [0.5, 0.6) is 5.75 Å². The second-order valence-electron chi connectivity index (χ2n) is 9.37. The van der Waals surface area contributed by atoms with Crippen molar-refractivity contribution in [3.8, 4) is 5.75 Å². The Labute approximate surface area is 195 Å². The second kappa shape index (κ2) is 9.65. The van der Waals surface area contributed by atoms with E-state index >= 15 is 0 Å². The lowest BCUT2D eigenvalue weighted by atomic mass is 9.76. The smallest absolute Gasteiger partial charge is 0.364 e. The van der Waals surface area contributed by atoms with E-state index in [2.05, 4.69) is 62.2 Å². The van der Waals surface area contributed by atoms with Crippen LogP contribution in [0.25, 0.3) is 17.0 Å². The van der Waals surface area contributed by atoms with E-state index in [9.17, 15) is 4.79 Å². The van der Waals surface area contributed by atoms with E-state index in [-0.39, 0.29) is 11.8 Å². The van der Waals surface area contributed by atoms with E-state index in [1.807, 2.05) is 24.3 Å². The highest BCUT2D eigenvalue weighted by atomic mass is 16.5. The molecule has 0 fully saturated rings. The summed E-state index contributed by atoms with van der Waals surface area (Å²) < 4.78 is 12.3. The van der Waals surface area contributed by atoms with Gasteiger partial charge in [-0.3, -0.25) is 4.79 Å². The van der Waals surface area contributed by atoms with Gasteiger partial charge in [0.15, 0.2) is 0 Å². The zero-order chi connectivity index (χ0) is 23.4. The van der Waals surface area contributed by atoms with Crippen LogP contribution in [0, 0.1) is 0 Å². The topological polar surface area (TPSA) is 61.1 Å². The number of anilines is 1. The third-order valence-corrected chi connectivity index (χ3v) is 6.30. The number of nitrogens with zero attached hydrogens (tertiary/aromatic N) is 1. The van der Waals surface area contributed by atoms with Gasteiger partial charge in [0.25, 0.3) is 0 Å². The van der Waals surface area contributed by atoms with E-state index in [1.54, 1.807) is 0 Å². The first-order chi connectivity index (χ1) is 15.8. The van der Waals surface area contributed by atoms with Crippen molar-refractivity contribution in [3.63, 3.8) is 0 Å². The van der Waals surface area contributed by atoms with E-state index in [0.29, 0.717) is 13.0 Å². The zero-order valence-corrected chi connectivity index (χ0v) is 19.6. The number of carboxylic acid groups (broad SMARTS) is 1. The van der Waals surface area contributed by atoms with Crippen LogP contribution < -0.4 is 9.64 Å². The average Bonchev–Trinajstić information content (AvgIpc) is 2.79. The number of benzene rings is 2. The highest BCUT2D eigenvalue weighted by molar-refractivity contribution is 5.81. The summed E-state index contributed by atoms with van der Waals surface area (Å²) >= 11 is 0. The molecule has 0 saturated heterocycles. The maximum atomic E-state index is 10.6. The summed E-state index contributed by atoms with van der Waals surface area (Å²) in [6.07, 6.45) is 5.65. The highest BCUT2D eigenvalue weighted by Crippen LogP contribution is 2.42. The molecular weight excluding hydrogens is 414 g/mol. The lowest BCUT2D eigenvalue weighted by molar-refractivity contribution is -0.137. The van der Waals surface area contributed by atoms with Gasteiger partial charge in [-0.2, -0.15) is 0 Å². The molecule has 3 aromatic rings. The van der Waals surface area contributed by atoms with Crippen molar-refractivity contribution < 1.29 is 19.1 Å². The summed E-state index contributed by atoms with van der Waals surface area (Å²) in [6, 6.07) is 18.6. The predicted molar refractivity (Wildman–Crippen MR) is 133 cm³/mol. The number of hydrogen-bond donors (Lipinski definition) is 1. The van der Waals surface area contributed by atoms with Crippen LogP contribution in [0.1, 0.15) is 57.3 Å². The Bertz CT molecular complexity index is 1170. The zero-order valence-electron chi connectivity index (χ0n) is 19.6. The van der Waals surface area contributed by atoms with E-state index in [0.717, 1.165) is 47.4 Å². The van der Waals surface area contributed by atoms with E-state index in [1.165, 1.54) is 11.3 Å². The standard InChI is InChI=1S/C28H31NO4/c1-28(2)19-22(29(3)21-10-6-4-7-11-21)17-26-24(28)16-20-13-14-23(18-25(20)33-26)32-15-9-5-8-12-27(30)31/h4,6-7,10-11,13-14,16-18H,5,8-9,12,15,19H2,1-3H3/p+1. The molecule has 0 aliphatic heterocycles. The molecular formula is C28H32NO4+. The number of para-hydroxylation sites is 1. The lowest BCUT2D eigenvalue weighted by Crippen LogP contribution is -2.29. The first-order valence-corrected chi connectivity index (χ1v) is 11.6. The van der Waals surface area contributed by atoms with E-state index < -0.39 is 5.97 Å². The largest absolute Gasteiger partial charge is 0.493 e. The molecule has 4 rings (SSSR count). The number of carboxylic acids is 1. The fourth-order valence-electron chi connectivity index (χ4n) is 4.38. The van der Waals surface area contributed by atoms with E-state index in [4.69, 9.17) is 14.3 Å². The van der Waals surface area contributed by atoms with Crippen molar-refractivity contribution in [2.75, 3.05) is 18.6 Å². The minimum atomic E-state index is -0.745. The number of ether oxygens (including phenoxy) is 1. The second-order valence-corrected chi connectivity index (χ2v) is 9.37. The number of carbonyl (C=O) groups is 1. The SMILES string of the molecule is CN(C1=Cc2[o+]c3cc(OCCCCCC(=O)O)ccc3cc2C(C)(C)C1)c1ccccc1. The molecule has 0 amide bonds. The highest BCUT2D eigenvalue weighted by Gasteiger charge is 2.37. The maximum Gasteiger partial charge on any atom is 0.364 e. The molecule has 0 spiro atoms. The molecule has 2 aromatic carbocycles. The fraction of sp³-hybridized carbons (Fsp3) is 0.357.